The lowest BCUT2D eigenvalue weighted by atomic mass is 10.0. The van der Waals surface area contributed by atoms with E-state index >= 15 is 0 Å². The Morgan fingerprint density at radius 2 is 1.81 bits per heavy atom. The standard InChI is InChI=1S/C21H21N3OS/c1-13-10-14(2)12-16(11-13)24-20(18-8-7-15(3)25-18)19(23-21(24)26)17-6-4-5-9-22-17/h4-12,19-20H,1-3H3,(H,23,26)/t19-,20-/m0/s1. The van der Waals surface area contributed by atoms with Gasteiger partial charge >= 0.3 is 0 Å². The van der Waals surface area contributed by atoms with Crippen LogP contribution < -0.4 is 10.2 Å². The van der Waals surface area contributed by atoms with Crippen molar-refractivity contribution < 1.29 is 4.42 Å². The number of pyridine rings is 1. The zero-order valence-electron chi connectivity index (χ0n) is 15.1. The van der Waals surface area contributed by atoms with Gasteiger partial charge in [-0.05, 0) is 80.5 Å². The molecule has 4 nitrogen and oxygen atoms in total. The van der Waals surface area contributed by atoms with Crippen molar-refractivity contribution in [1.29, 1.82) is 0 Å². The SMILES string of the molecule is Cc1cc(C)cc(N2C(=S)N[C@@H](c3ccccn3)[C@@H]2c2ccc(C)o2)c1. The van der Waals surface area contributed by atoms with Gasteiger partial charge in [-0.3, -0.25) is 4.98 Å². The summed E-state index contributed by atoms with van der Waals surface area (Å²) < 4.78 is 6.01. The number of benzene rings is 1. The van der Waals surface area contributed by atoms with E-state index in [2.05, 4.69) is 47.2 Å². The molecule has 0 amide bonds. The minimum atomic E-state index is -0.0905. The number of anilines is 1. The monoisotopic (exact) mass is 363 g/mol. The third-order valence-electron chi connectivity index (χ3n) is 4.64. The fraction of sp³-hybridized carbons (Fsp3) is 0.238. The molecule has 3 heterocycles. The van der Waals surface area contributed by atoms with Crippen LogP contribution in [0.5, 0.6) is 0 Å². The Hall–Kier alpha value is -2.66. The van der Waals surface area contributed by atoms with Crippen LogP contribution in [0.25, 0.3) is 0 Å². The molecule has 5 heteroatoms. The molecule has 26 heavy (non-hydrogen) atoms. The van der Waals surface area contributed by atoms with Gasteiger partial charge in [0.2, 0.25) is 0 Å². The maximum atomic E-state index is 6.01. The van der Waals surface area contributed by atoms with Gasteiger partial charge in [0.25, 0.3) is 0 Å². The molecule has 0 saturated carbocycles. The molecule has 1 aromatic carbocycles. The average molecular weight is 363 g/mol. The first-order chi connectivity index (χ1) is 12.5. The Bertz CT molecular complexity index is 931. The lowest BCUT2D eigenvalue weighted by Crippen LogP contribution is -2.29. The molecule has 0 bridgehead atoms. The first kappa shape index (κ1) is 16.8. The Kier molecular flexibility index (Phi) is 4.24. The number of nitrogens with zero attached hydrogens (tertiary/aromatic N) is 2. The van der Waals surface area contributed by atoms with E-state index in [1.54, 1.807) is 0 Å². The van der Waals surface area contributed by atoms with Crippen molar-refractivity contribution in [2.24, 2.45) is 0 Å². The highest BCUT2D eigenvalue weighted by atomic mass is 32.1. The third-order valence-corrected chi connectivity index (χ3v) is 4.95. The maximum absolute atomic E-state index is 6.01. The van der Waals surface area contributed by atoms with Crippen LogP contribution in [0.1, 0.15) is 40.4 Å². The van der Waals surface area contributed by atoms with E-state index in [1.807, 2.05) is 43.5 Å². The topological polar surface area (TPSA) is 41.3 Å². The van der Waals surface area contributed by atoms with Crippen molar-refractivity contribution in [3.8, 4) is 0 Å². The fourth-order valence-electron chi connectivity index (χ4n) is 3.62. The van der Waals surface area contributed by atoms with Gasteiger partial charge in [0.05, 0.1) is 11.7 Å². The molecule has 3 aromatic rings. The second-order valence-electron chi connectivity index (χ2n) is 6.79. The van der Waals surface area contributed by atoms with Crippen molar-refractivity contribution in [3.63, 3.8) is 0 Å². The van der Waals surface area contributed by atoms with E-state index in [9.17, 15) is 0 Å². The minimum absolute atomic E-state index is 0.0740. The number of nitrogens with one attached hydrogen (secondary N) is 1. The van der Waals surface area contributed by atoms with Crippen molar-refractivity contribution in [3.05, 3.63) is 83.1 Å². The van der Waals surface area contributed by atoms with Crippen LogP contribution in [-0.4, -0.2) is 10.1 Å². The summed E-state index contributed by atoms with van der Waals surface area (Å²) in [5, 5.41) is 4.14. The second-order valence-corrected chi connectivity index (χ2v) is 7.18. The van der Waals surface area contributed by atoms with Crippen molar-refractivity contribution in [2.45, 2.75) is 32.9 Å². The predicted octanol–water partition coefficient (Wildman–Crippen LogP) is 4.78. The number of hydrogen-bond acceptors (Lipinski definition) is 3. The number of aromatic nitrogens is 1. The van der Waals surface area contributed by atoms with E-state index in [4.69, 9.17) is 16.6 Å². The van der Waals surface area contributed by atoms with Crippen molar-refractivity contribution >= 4 is 23.0 Å². The van der Waals surface area contributed by atoms with Gasteiger partial charge < -0.3 is 14.6 Å². The third kappa shape index (κ3) is 2.99. The van der Waals surface area contributed by atoms with E-state index in [1.165, 1.54) is 11.1 Å². The molecule has 1 N–H and O–H groups in total. The number of aryl methyl sites for hydroxylation is 3. The molecule has 0 spiro atoms. The Morgan fingerprint density at radius 1 is 1.04 bits per heavy atom. The van der Waals surface area contributed by atoms with Crippen LogP contribution in [0.3, 0.4) is 0 Å². The average Bonchev–Trinajstić information content (AvgIpc) is 3.18. The lowest BCUT2D eigenvalue weighted by Gasteiger charge is -2.26. The summed E-state index contributed by atoms with van der Waals surface area (Å²) in [7, 11) is 0. The highest BCUT2D eigenvalue weighted by Crippen LogP contribution is 2.42. The highest BCUT2D eigenvalue weighted by molar-refractivity contribution is 7.80. The van der Waals surface area contributed by atoms with Gasteiger partial charge in [-0.15, -0.1) is 0 Å². The van der Waals surface area contributed by atoms with Crippen molar-refractivity contribution in [2.75, 3.05) is 4.90 Å². The molecule has 1 saturated heterocycles. The Labute approximate surface area is 158 Å². The quantitative estimate of drug-likeness (QED) is 0.679. The normalized spacial score (nSPS) is 19.7. The number of thiocarbonyl (C=S) groups is 1. The second kappa shape index (κ2) is 6.57. The van der Waals surface area contributed by atoms with Crippen molar-refractivity contribution in [1.82, 2.24) is 10.3 Å². The number of rotatable bonds is 3. The summed E-state index contributed by atoms with van der Waals surface area (Å²) in [5.74, 6) is 1.77. The van der Waals surface area contributed by atoms with Crippen LogP contribution in [0.4, 0.5) is 5.69 Å². The summed E-state index contributed by atoms with van der Waals surface area (Å²) in [6, 6.07) is 16.3. The van der Waals surface area contributed by atoms with E-state index in [0.717, 1.165) is 22.9 Å². The first-order valence-corrected chi connectivity index (χ1v) is 9.09. The first-order valence-electron chi connectivity index (χ1n) is 8.68. The molecule has 2 aromatic heterocycles. The summed E-state index contributed by atoms with van der Waals surface area (Å²) in [6.07, 6.45) is 1.81. The zero-order valence-corrected chi connectivity index (χ0v) is 15.9. The Morgan fingerprint density at radius 3 is 2.42 bits per heavy atom. The van der Waals surface area contributed by atoms with Crippen LogP contribution in [0.2, 0.25) is 0 Å². The molecule has 2 atom stereocenters. The molecule has 1 aliphatic rings. The van der Waals surface area contributed by atoms with E-state index < -0.39 is 0 Å². The van der Waals surface area contributed by atoms with Crippen LogP contribution in [-0.2, 0) is 0 Å². The molecule has 4 rings (SSSR count). The molecule has 132 valence electrons. The predicted molar refractivity (Wildman–Crippen MR) is 107 cm³/mol. The summed E-state index contributed by atoms with van der Waals surface area (Å²) in [5.41, 5.74) is 4.43. The molecule has 1 aliphatic heterocycles. The van der Waals surface area contributed by atoms with Gasteiger partial charge in [-0.25, -0.2) is 0 Å². The van der Waals surface area contributed by atoms with Gasteiger partial charge in [0.15, 0.2) is 5.11 Å². The number of hydrogen-bond donors (Lipinski definition) is 1. The molecule has 0 aliphatic carbocycles. The summed E-state index contributed by atoms with van der Waals surface area (Å²) >= 11 is 5.72. The smallest absolute Gasteiger partial charge is 0.174 e. The zero-order chi connectivity index (χ0) is 18.3. The lowest BCUT2D eigenvalue weighted by molar-refractivity contribution is 0.418. The van der Waals surface area contributed by atoms with E-state index in [-0.39, 0.29) is 12.1 Å². The molecular formula is C21H21N3OS. The Balaban J connectivity index is 1.85. The van der Waals surface area contributed by atoms with Gasteiger partial charge in [0.1, 0.15) is 17.6 Å². The minimum Gasteiger partial charge on any atom is -0.464 e. The summed E-state index contributed by atoms with van der Waals surface area (Å²) in [4.78, 5) is 6.70. The van der Waals surface area contributed by atoms with Crippen LogP contribution >= 0.6 is 12.2 Å². The molecular weight excluding hydrogens is 342 g/mol. The van der Waals surface area contributed by atoms with Gasteiger partial charge in [-0.1, -0.05) is 12.1 Å². The van der Waals surface area contributed by atoms with Crippen LogP contribution in [0.15, 0.2) is 59.1 Å². The van der Waals surface area contributed by atoms with Gasteiger partial charge in [-0.2, -0.15) is 0 Å². The van der Waals surface area contributed by atoms with E-state index in [0.29, 0.717) is 5.11 Å². The number of furan rings is 1. The fourth-order valence-corrected chi connectivity index (χ4v) is 3.97. The molecule has 1 fully saturated rings. The molecule has 0 unspecified atom stereocenters. The summed E-state index contributed by atoms with van der Waals surface area (Å²) in [6.45, 7) is 6.16. The molecule has 0 radical (unpaired) electrons. The maximum Gasteiger partial charge on any atom is 0.174 e. The highest BCUT2D eigenvalue weighted by Gasteiger charge is 2.42. The van der Waals surface area contributed by atoms with Gasteiger partial charge in [0, 0.05) is 11.9 Å². The van der Waals surface area contributed by atoms with Crippen LogP contribution in [0, 0.1) is 20.8 Å². The largest absolute Gasteiger partial charge is 0.464 e.